The first-order valence-corrected chi connectivity index (χ1v) is 0. The van der Waals surface area contributed by atoms with Crippen LogP contribution in [0.5, 0.6) is 0 Å². The van der Waals surface area contributed by atoms with E-state index in [1.807, 2.05) is 0 Å². The average Bonchev–Trinajstić information content (AvgIpc) is 0. The Morgan fingerprint density at radius 2 is 0.750 bits per heavy atom. The first-order chi connectivity index (χ1) is 0. The van der Waals surface area contributed by atoms with Gasteiger partial charge in [-0.25, -0.2) is 0 Å². The molecule has 0 bridgehead atoms. The van der Waals surface area contributed by atoms with Gasteiger partial charge in [-0.1, -0.05) is 0 Å². The van der Waals surface area contributed by atoms with E-state index in [0.717, 1.165) is 0 Å². The van der Waals surface area contributed by atoms with Crippen molar-refractivity contribution in [2.45, 2.75) is 0 Å². The van der Waals surface area contributed by atoms with Gasteiger partial charge in [-0.15, -0.1) is 0 Å². The molecule has 0 nitrogen and oxygen atoms in total. The molecule has 0 rings (SSSR count). The summed E-state index contributed by atoms with van der Waals surface area (Å²) in [6, 6.07) is 0. The molecule has 0 N–H and O–H groups in total. The van der Waals surface area contributed by atoms with E-state index < -0.39 is 0 Å². The van der Waals surface area contributed by atoms with Gasteiger partial charge in [-0.05, 0) is 0 Å². The molecule has 0 aliphatic carbocycles. The second-order valence-electron chi connectivity index (χ2n) is 0. The van der Waals surface area contributed by atoms with Crippen LogP contribution in [0.15, 0.2) is 0 Å². The molecule has 4 heavy (non-hydrogen) atoms. The number of rotatable bonds is 0. The zero-order valence-corrected chi connectivity index (χ0v) is 7.19. The molecule has 27 valence electrons. The molecule has 0 aliphatic rings. The quantitative estimate of drug-likeness (QED) is 0.341. The Morgan fingerprint density at radius 1 is 0.750 bits per heavy atom. The van der Waals surface area contributed by atoms with Crippen LogP contribution in [0.3, 0.4) is 0 Å². The Hall–Kier alpha value is 1.72. The smallest absolute Gasteiger partial charge is 1.00 e. The van der Waals surface area contributed by atoms with Crippen LogP contribution in [0.25, 0.3) is 0 Å². The molecule has 0 aromatic carbocycles. The van der Waals surface area contributed by atoms with Gasteiger partial charge in [0.05, 0.1) is 0 Å². The third-order valence-electron chi connectivity index (χ3n) is 0. The summed E-state index contributed by atoms with van der Waals surface area (Å²) in [6.07, 6.45) is 0. The minimum absolute atomic E-state index is 0. The predicted molar refractivity (Wildman–Crippen MR) is 0 cm³/mol. The summed E-state index contributed by atoms with van der Waals surface area (Å²) in [6.45, 7) is 0. The fourth-order valence-corrected chi connectivity index (χ4v) is 0. The molecule has 0 aliphatic heterocycles. The van der Waals surface area contributed by atoms with Gasteiger partial charge in [0.2, 0.25) is 0 Å². The Labute approximate surface area is 61.2 Å². The van der Waals surface area contributed by atoms with Gasteiger partial charge >= 0.3 is 19.5 Å². The van der Waals surface area contributed by atoms with Crippen molar-refractivity contribution in [1.82, 2.24) is 0 Å². The number of hydrogen-bond acceptors (Lipinski definition) is 0. The topological polar surface area (TPSA) is 0 Å². The Balaban J connectivity index is 0. The molecule has 0 amide bonds. The van der Waals surface area contributed by atoms with Gasteiger partial charge in [0.15, 0.2) is 0 Å². The molecular weight excluding hydrogens is 200 g/mol. The third kappa shape index (κ3) is 9.30. The largest absolute Gasteiger partial charge is 2.00 e. The van der Waals surface area contributed by atoms with E-state index in [-0.39, 0.29) is 61.4 Å². The van der Waals surface area contributed by atoms with Crippen LogP contribution in [0.1, 0.15) is 0 Å². The molecule has 4 heteroatoms. The second kappa shape index (κ2) is 22.1. The van der Waals surface area contributed by atoms with Crippen molar-refractivity contribution in [3.8, 4) is 0 Å². The Bertz CT molecular complexity index is 6.00. The van der Waals surface area contributed by atoms with Crippen molar-refractivity contribution in [3.05, 3.63) is 0 Å². The van der Waals surface area contributed by atoms with Crippen LogP contribution in [-0.4, -0.2) is 0 Å². The first-order valence-electron chi connectivity index (χ1n) is 0. The first kappa shape index (κ1) is 43.0. The summed E-state index contributed by atoms with van der Waals surface area (Å²) in [5.74, 6) is 0. The van der Waals surface area contributed by atoms with Crippen LogP contribution in [-0.2, 0) is 36.5 Å². The van der Waals surface area contributed by atoms with Crippen LogP contribution >= 0.6 is 0 Å². The van der Waals surface area contributed by atoms with Crippen LogP contribution in [0, 0.1) is 0 Å². The molecular formula is Cl2CuZn. The Morgan fingerprint density at radius 3 is 0.750 bits per heavy atom. The van der Waals surface area contributed by atoms with Gasteiger partial charge < -0.3 is 24.8 Å². The SMILES string of the molecule is [Cl-].[Cl-].[Cu].[Zn+2]. The molecule has 0 unspecified atom stereocenters. The van der Waals surface area contributed by atoms with Crippen molar-refractivity contribution in [1.29, 1.82) is 0 Å². The summed E-state index contributed by atoms with van der Waals surface area (Å²) < 4.78 is 0. The maximum absolute atomic E-state index is 0. The van der Waals surface area contributed by atoms with E-state index in [1.165, 1.54) is 0 Å². The van der Waals surface area contributed by atoms with Crippen molar-refractivity contribution < 1.29 is 61.4 Å². The van der Waals surface area contributed by atoms with E-state index in [9.17, 15) is 0 Å². The van der Waals surface area contributed by atoms with Gasteiger partial charge in [-0.3, -0.25) is 0 Å². The summed E-state index contributed by atoms with van der Waals surface area (Å²) in [4.78, 5) is 0. The summed E-state index contributed by atoms with van der Waals surface area (Å²) in [7, 11) is 0. The fourth-order valence-electron chi connectivity index (χ4n) is 0. The van der Waals surface area contributed by atoms with Crippen molar-refractivity contribution in [3.63, 3.8) is 0 Å². The summed E-state index contributed by atoms with van der Waals surface area (Å²) in [5.41, 5.74) is 0. The maximum atomic E-state index is 0. The molecule has 0 spiro atoms. The van der Waals surface area contributed by atoms with Crippen LogP contribution in [0.2, 0.25) is 0 Å². The van der Waals surface area contributed by atoms with Crippen molar-refractivity contribution in [2.24, 2.45) is 0 Å². The molecule has 0 fully saturated rings. The summed E-state index contributed by atoms with van der Waals surface area (Å²) >= 11 is 0. The Kier molecular flexibility index (Phi) is 237. The van der Waals surface area contributed by atoms with E-state index in [4.69, 9.17) is 0 Å². The normalized spacial score (nSPS) is 0. The molecule has 0 saturated heterocycles. The van der Waals surface area contributed by atoms with Gasteiger partial charge in [0.1, 0.15) is 0 Å². The maximum Gasteiger partial charge on any atom is 2.00 e. The van der Waals surface area contributed by atoms with E-state index in [2.05, 4.69) is 0 Å². The van der Waals surface area contributed by atoms with Gasteiger partial charge in [0.25, 0.3) is 0 Å². The molecule has 0 heterocycles. The second-order valence-corrected chi connectivity index (χ2v) is 0. The minimum atomic E-state index is 0. The van der Waals surface area contributed by atoms with Gasteiger partial charge in [0, 0.05) is 17.1 Å². The minimum Gasteiger partial charge on any atom is -1.00 e. The average molecular weight is 200 g/mol. The molecule has 0 atom stereocenters. The van der Waals surface area contributed by atoms with E-state index in [1.54, 1.807) is 0 Å². The number of hydrogen-bond donors (Lipinski definition) is 0. The van der Waals surface area contributed by atoms with E-state index in [0.29, 0.717) is 0 Å². The monoisotopic (exact) mass is 197 g/mol. The molecule has 1 radical (unpaired) electrons. The molecule has 0 aromatic heterocycles. The van der Waals surface area contributed by atoms with Crippen LogP contribution < -0.4 is 24.8 Å². The molecule has 0 saturated carbocycles. The zero-order valence-electron chi connectivity index (χ0n) is 1.76. The van der Waals surface area contributed by atoms with Crippen LogP contribution in [0.4, 0.5) is 0 Å². The van der Waals surface area contributed by atoms with Gasteiger partial charge in [-0.2, -0.15) is 0 Å². The predicted octanol–water partition coefficient (Wildman–Crippen LogP) is -6.00. The summed E-state index contributed by atoms with van der Waals surface area (Å²) in [5, 5.41) is 0. The zero-order chi connectivity index (χ0) is 0. The number of halogens is 2. The van der Waals surface area contributed by atoms with E-state index >= 15 is 0 Å². The van der Waals surface area contributed by atoms with Crippen molar-refractivity contribution >= 4 is 0 Å². The standard InChI is InChI=1S/2ClH.Cu.Zn/h2*1H;;/q;;;+2/p-2. The molecule has 0 aromatic rings. The third-order valence-corrected chi connectivity index (χ3v) is 0. The fraction of sp³-hybridized carbons (Fsp3) is 0. The van der Waals surface area contributed by atoms with Crippen molar-refractivity contribution in [2.75, 3.05) is 0 Å².